The molecule has 2 aromatic heterocycles. The molecule has 4 N–H and O–H groups in total. The van der Waals surface area contributed by atoms with Gasteiger partial charge in [0.25, 0.3) is 5.82 Å². The number of phosphoric ester groups is 1. The van der Waals surface area contributed by atoms with Crippen LogP contribution >= 0.6 is 7.82 Å². The number of para-hydroxylation sites is 1. The minimum atomic E-state index is -4.62. The molecule has 184 valence electrons. The van der Waals surface area contributed by atoms with E-state index in [1.807, 2.05) is 12.1 Å². The zero-order chi connectivity index (χ0) is 25.1. The fourth-order valence-electron chi connectivity index (χ4n) is 4.21. The van der Waals surface area contributed by atoms with Gasteiger partial charge in [0.05, 0.1) is 17.6 Å². The summed E-state index contributed by atoms with van der Waals surface area (Å²) in [4.78, 5) is 22.6. The Labute approximate surface area is 208 Å². The number of phosphoric acid groups is 1. The van der Waals surface area contributed by atoms with Gasteiger partial charge >= 0.3 is 7.82 Å². The lowest BCUT2D eigenvalue weighted by atomic mass is 10.0. The lowest BCUT2D eigenvalue weighted by molar-refractivity contribution is -0.711. The number of aromatic nitrogens is 2. The number of pyridine rings is 1. The van der Waals surface area contributed by atoms with Gasteiger partial charge in [-0.1, -0.05) is 47.6 Å². The number of aliphatic imine (C=N–C) groups is 1. The van der Waals surface area contributed by atoms with Crippen LogP contribution in [0.2, 0.25) is 0 Å². The number of nitrogens with two attached hydrogens (primary N) is 1. The molecule has 0 radical (unpaired) electrons. The smallest absolute Gasteiger partial charge is 0.356 e. The third-order valence-corrected chi connectivity index (χ3v) is 6.53. The number of nitrogen functional groups attached to an aromatic ring is 1. The zero-order valence-corrected chi connectivity index (χ0v) is 20.3. The first-order valence-corrected chi connectivity index (χ1v) is 13.0. The number of hydrogen-bond donors (Lipinski definition) is 3. The maximum Gasteiger partial charge on any atom is 0.472 e. The summed E-state index contributed by atoms with van der Waals surface area (Å²) in [5.74, 6) is 0.705. The van der Waals surface area contributed by atoms with Crippen molar-refractivity contribution >= 4 is 25.0 Å². The van der Waals surface area contributed by atoms with Crippen molar-refractivity contribution in [1.82, 2.24) is 5.16 Å². The summed E-state index contributed by atoms with van der Waals surface area (Å²) < 4.78 is 22.4. The summed E-state index contributed by atoms with van der Waals surface area (Å²) >= 11 is 0. The third kappa shape index (κ3) is 5.78. The van der Waals surface area contributed by atoms with Crippen molar-refractivity contribution in [2.75, 3.05) is 5.73 Å². The summed E-state index contributed by atoms with van der Waals surface area (Å²) in [5.41, 5.74) is 13.4. The molecule has 4 aromatic rings. The molecule has 0 unspecified atom stereocenters. The van der Waals surface area contributed by atoms with Gasteiger partial charge in [-0.2, -0.15) is 0 Å². The molecule has 0 saturated carbocycles. The summed E-state index contributed by atoms with van der Waals surface area (Å²) in [6.45, 7) is -0.391. The average molecular weight is 505 g/mol. The second kappa shape index (κ2) is 10.2. The SMILES string of the molecule is Nc1c(-c2cc(Cc3ccc(CCC4=Nc5ccccc5C4)cc3)no2)ccc[n+]1COP(=O)(O)O. The highest BCUT2D eigenvalue weighted by atomic mass is 31.2. The third-order valence-electron chi connectivity index (χ3n) is 6.08. The number of anilines is 1. The molecule has 2 aromatic carbocycles. The van der Waals surface area contributed by atoms with Crippen molar-refractivity contribution in [3.63, 3.8) is 0 Å². The average Bonchev–Trinajstić information content (AvgIpc) is 3.49. The van der Waals surface area contributed by atoms with Crippen LogP contribution in [0.25, 0.3) is 11.3 Å². The van der Waals surface area contributed by atoms with E-state index in [2.05, 4.69) is 52.1 Å². The van der Waals surface area contributed by atoms with Gasteiger partial charge in [0.2, 0.25) is 6.73 Å². The summed E-state index contributed by atoms with van der Waals surface area (Å²) in [5, 5.41) is 4.16. The van der Waals surface area contributed by atoms with Crippen LogP contribution in [0.5, 0.6) is 0 Å². The Morgan fingerprint density at radius 2 is 1.81 bits per heavy atom. The summed E-state index contributed by atoms with van der Waals surface area (Å²) in [7, 11) is -4.62. The Bertz CT molecular complexity index is 1460. The molecule has 0 amide bonds. The van der Waals surface area contributed by atoms with E-state index in [0.29, 0.717) is 17.7 Å². The van der Waals surface area contributed by atoms with E-state index in [-0.39, 0.29) is 5.82 Å². The molecular formula is C26H26N4O5P+. The topological polar surface area (TPSA) is 135 Å². The minimum absolute atomic E-state index is 0.243. The second-order valence-corrected chi connectivity index (χ2v) is 9.92. The Hall–Kier alpha value is -3.62. The quantitative estimate of drug-likeness (QED) is 0.230. The molecule has 1 aliphatic rings. The van der Waals surface area contributed by atoms with E-state index in [1.54, 1.807) is 18.3 Å². The molecule has 3 heterocycles. The molecule has 0 fully saturated rings. The maximum atomic E-state index is 11.0. The van der Waals surface area contributed by atoms with Gasteiger partial charge in [-0.25, -0.2) is 13.7 Å². The molecule has 0 bridgehead atoms. The molecule has 0 aliphatic carbocycles. The number of rotatable bonds is 9. The van der Waals surface area contributed by atoms with E-state index in [1.165, 1.54) is 21.4 Å². The number of hydrogen-bond acceptors (Lipinski definition) is 6. The van der Waals surface area contributed by atoms with Crippen molar-refractivity contribution in [3.05, 3.63) is 95.3 Å². The minimum Gasteiger partial charge on any atom is -0.356 e. The molecular weight excluding hydrogens is 479 g/mol. The van der Waals surface area contributed by atoms with Gasteiger partial charge in [-0.05, 0) is 47.7 Å². The Kier molecular flexibility index (Phi) is 6.80. The highest BCUT2D eigenvalue weighted by molar-refractivity contribution is 7.46. The first kappa shape index (κ1) is 24.1. The Morgan fingerprint density at radius 3 is 2.58 bits per heavy atom. The van der Waals surface area contributed by atoms with Crippen LogP contribution in [0.1, 0.15) is 28.8 Å². The molecule has 0 atom stereocenters. The van der Waals surface area contributed by atoms with E-state index in [4.69, 9.17) is 25.0 Å². The van der Waals surface area contributed by atoms with E-state index in [9.17, 15) is 4.57 Å². The predicted octanol–water partition coefficient (Wildman–Crippen LogP) is 4.13. The number of aryl methyl sites for hydroxylation is 1. The number of benzene rings is 2. The van der Waals surface area contributed by atoms with Crippen molar-refractivity contribution in [3.8, 4) is 11.3 Å². The Morgan fingerprint density at radius 1 is 1.03 bits per heavy atom. The largest absolute Gasteiger partial charge is 0.472 e. The fourth-order valence-corrected chi connectivity index (χ4v) is 4.48. The zero-order valence-electron chi connectivity index (χ0n) is 19.4. The normalized spacial score (nSPS) is 13.0. The van der Waals surface area contributed by atoms with Crippen molar-refractivity contribution in [2.24, 2.45) is 4.99 Å². The molecule has 10 heteroatoms. The van der Waals surface area contributed by atoms with Crippen LogP contribution in [0, 0.1) is 0 Å². The van der Waals surface area contributed by atoms with Crippen LogP contribution in [0.15, 0.2) is 82.4 Å². The lowest BCUT2D eigenvalue weighted by Gasteiger charge is -2.07. The first-order valence-electron chi connectivity index (χ1n) is 11.5. The van der Waals surface area contributed by atoms with E-state index in [0.717, 1.165) is 36.2 Å². The Balaban J connectivity index is 1.20. The molecule has 1 aliphatic heterocycles. The lowest BCUT2D eigenvalue weighted by Crippen LogP contribution is -2.38. The van der Waals surface area contributed by atoms with E-state index >= 15 is 0 Å². The maximum absolute atomic E-state index is 11.0. The molecule has 9 nitrogen and oxygen atoms in total. The van der Waals surface area contributed by atoms with Crippen LogP contribution in [0.3, 0.4) is 0 Å². The molecule has 0 spiro atoms. The number of fused-ring (bicyclic) bond motifs is 1. The number of nitrogens with zero attached hydrogens (tertiary/aromatic N) is 3. The molecule has 36 heavy (non-hydrogen) atoms. The molecule has 0 saturated heterocycles. The standard InChI is InChI=1S/C26H25N4O5P/c27-26-23(5-3-13-30(26)17-34-36(31,32)33)25-16-22(29-35-25)14-19-9-7-18(8-10-19)11-12-21-15-20-4-1-2-6-24(20)28-21/h1-10,13,16,27H,11-12,14-15,17H2,(H2,31,32,33)/p+1. The van der Waals surface area contributed by atoms with Crippen molar-refractivity contribution in [2.45, 2.75) is 32.4 Å². The molecule has 5 rings (SSSR count). The van der Waals surface area contributed by atoms with Gasteiger partial charge in [-0.15, -0.1) is 0 Å². The highest BCUT2D eigenvalue weighted by Crippen LogP contribution is 2.35. The summed E-state index contributed by atoms with van der Waals surface area (Å²) in [6, 6.07) is 22.0. The van der Waals surface area contributed by atoms with Crippen LogP contribution in [0.4, 0.5) is 11.5 Å². The van der Waals surface area contributed by atoms with Gasteiger partial charge in [0.1, 0.15) is 5.56 Å². The predicted molar refractivity (Wildman–Crippen MR) is 134 cm³/mol. The monoisotopic (exact) mass is 505 g/mol. The van der Waals surface area contributed by atoms with Crippen molar-refractivity contribution in [1.29, 1.82) is 0 Å². The van der Waals surface area contributed by atoms with E-state index < -0.39 is 14.6 Å². The van der Waals surface area contributed by atoms with Gasteiger partial charge in [-0.3, -0.25) is 10.7 Å². The second-order valence-electron chi connectivity index (χ2n) is 8.68. The van der Waals surface area contributed by atoms with Crippen molar-refractivity contribution < 1.29 is 28.0 Å². The van der Waals surface area contributed by atoms with Gasteiger partial charge in [0, 0.05) is 24.6 Å². The van der Waals surface area contributed by atoms with Crippen LogP contribution < -0.4 is 10.3 Å². The first-order chi connectivity index (χ1) is 17.3. The van der Waals surface area contributed by atoms with Crippen LogP contribution in [-0.4, -0.2) is 20.7 Å². The van der Waals surface area contributed by atoms with Gasteiger partial charge < -0.3 is 14.3 Å². The van der Waals surface area contributed by atoms with Gasteiger partial charge in [0.15, 0.2) is 5.76 Å². The fraction of sp³-hybridized carbons (Fsp3) is 0.192. The summed E-state index contributed by atoms with van der Waals surface area (Å²) in [6.07, 6.45) is 4.98. The van der Waals surface area contributed by atoms with Crippen LogP contribution in [-0.2, 0) is 35.1 Å². The highest BCUT2D eigenvalue weighted by Gasteiger charge is 2.21.